The molecule has 0 aliphatic heterocycles. The fraction of sp³-hybridized carbons (Fsp3) is 0.308. The summed E-state index contributed by atoms with van der Waals surface area (Å²) in [5.74, 6) is -2.86. The van der Waals surface area contributed by atoms with Gasteiger partial charge in [0, 0.05) is 18.0 Å². The Morgan fingerprint density at radius 3 is 2.61 bits per heavy atom. The zero-order valence-corrected chi connectivity index (χ0v) is 10.9. The summed E-state index contributed by atoms with van der Waals surface area (Å²) in [5.41, 5.74) is 0.691. The van der Waals surface area contributed by atoms with Gasteiger partial charge < -0.3 is 5.32 Å². The largest absolute Gasteiger partial charge is 0.358 e. The summed E-state index contributed by atoms with van der Waals surface area (Å²) in [7, 11) is 1.39. The van der Waals surface area contributed by atoms with Crippen molar-refractivity contribution in [3.05, 3.63) is 34.9 Å². The molecule has 1 aromatic rings. The number of benzene rings is 1. The lowest BCUT2D eigenvalue weighted by molar-refractivity contribution is -0.132. The minimum absolute atomic E-state index is 0.431. The maximum Gasteiger partial charge on any atom is 0.244 e. The van der Waals surface area contributed by atoms with Crippen molar-refractivity contribution in [2.24, 2.45) is 5.92 Å². The van der Waals surface area contributed by atoms with E-state index in [2.05, 4.69) is 5.32 Å². The molecule has 0 saturated carbocycles. The highest BCUT2D eigenvalue weighted by Crippen LogP contribution is 2.22. The quantitative estimate of drug-likeness (QED) is 0.845. The molecule has 1 rings (SSSR count). The monoisotopic (exact) mass is 264 g/mol. The summed E-state index contributed by atoms with van der Waals surface area (Å²) < 4.78 is 0. The van der Waals surface area contributed by atoms with Crippen LogP contribution in [0.4, 0.5) is 0 Å². The summed E-state index contributed by atoms with van der Waals surface area (Å²) in [6.07, 6.45) is 0. The Morgan fingerprint density at radius 2 is 2.11 bits per heavy atom. The summed E-state index contributed by atoms with van der Waals surface area (Å²) in [5, 5.41) is 11.7. The maximum absolute atomic E-state index is 12.1. The highest BCUT2D eigenvalue weighted by Gasteiger charge is 2.30. The van der Waals surface area contributed by atoms with Crippen LogP contribution in [0.5, 0.6) is 0 Å². The topological polar surface area (TPSA) is 70.0 Å². The molecule has 0 radical (unpaired) electrons. The van der Waals surface area contributed by atoms with Gasteiger partial charge in [-0.15, -0.1) is 0 Å². The van der Waals surface area contributed by atoms with Crippen LogP contribution in [0.15, 0.2) is 24.3 Å². The molecule has 5 heteroatoms. The van der Waals surface area contributed by atoms with E-state index in [0.29, 0.717) is 10.6 Å². The number of carbonyl (C=O) groups excluding carboxylic acids is 2. The first kappa shape index (κ1) is 14.2. The number of nitriles is 1. The molecule has 0 heterocycles. The molecule has 1 aromatic carbocycles. The van der Waals surface area contributed by atoms with Crippen LogP contribution in [-0.4, -0.2) is 18.7 Å². The highest BCUT2D eigenvalue weighted by atomic mass is 35.5. The average molecular weight is 265 g/mol. The zero-order chi connectivity index (χ0) is 13.7. The SMILES string of the molecule is CNC(=O)[C@H](C#N)C(=O)[C@H](C)c1cccc(Cl)c1. The molecule has 1 amide bonds. The number of carbonyl (C=O) groups is 2. The smallest absolute Gasteiger partial charge is 0.244 e. The second-order valence-corrected chi connectivity index (χ2v) is 4.29. The number of hydrogen-bond acceptors (Lipinski definition) is 3. The van der Waals surface area contributed by atoms with Gasteiger partial charge in [-0.2, -0.15) is 5.26 Å². The second-order valence-electron chi connectivity index (χ2n) is 3.86. The molecule has 2 atom stereocenters. The fourth-order valence-electron chi connectivity index (χ4n) is 1.59. The molecule has 0 bridgehead atoms. The second kappa shape index (κ2) is 6.18. The first-order valence-electron chi connectivity index (χ1n) is 5.41. The molecule has 0 aliphatic carbocycles. The maximum atomic E-state index is 12.1. The van der Waals surface area contributed by atoms with E-state index in [1.165, 1.54) is 7.05 Å². The van der Waals surface area contributed by atoms with Crippen molar-refractivity contribution < 1.29 is 9.59 Å². The van der Waals surface area contributed by atoms with Crippen LogP contribution in [0.2, 0.25) is 5.02 Å². The Balaban J connectivity index is 2.97. The van der Waals surface area contributed by atoms with E-state index in [9.17, 15) is 9.59 Å². The van der Waals surface area contributed by atoms with Crippen LogP contribution in [0.25, 0.3) is 0 Å². The van der Waals surface area contributed by atoms with Crippen LogP contribution in [0.1, 0.15) is 18.4 Å². The first-order chi connectivity index (χ1) is 8.51. The molecule has 0 aliphatic rings. The lowest BCUT2D eigenvalue weighted by Crippen LogP contribution is -2.34. The van der Waals surface area contributed by atoms with Crippen LogP contribution in [0.3, 0.4) is 0 Å². The van der Waals surface area contributed by atoms with Crippen molar-refractivity contribution in [3.63, 3.8) is 0 Å². The van der Waals surface area contributed by atoms with Crippen molar-refractivity contribution in [1.82, 2.24) is 5.32 Å². The summed E-state index contributed by atoms with van der Waals surface area (Å²) in [4.78, 5) is 23.5. The van der Waals surface area contributed by atoms with E-state index < -0.39 is 23.5 Å². The number of Topliss-reactive ketones (excluding diaryl/α,β-unsaturated/α-hetero) is 1. The van der Waals surface area contributed by atoms with E-state index in [1.54, 1.807) is 37.3 Å². The molecule has 4 nitrogen and oxygen atoms in total. The van der Waals surface area contributed by atoms with Crippen molar-refractivity contribution in [3.8, 4) is 6.07 Å². The standard InChI is InChI=1S/C13H13ClN2O2/c1-8(9-4-3-5-10(14)6-9)12(17)11(7-15)13(18)16-2/h3-6,8,11H,1-2H3,(H,16,18)/t8-,11-/m1/s1. The zero-order valence-electron chi connectivity index (χ0n) is 10.1. The molecular weight excluding hydrogens is 252 g/mol. The van der Waals surface area contributed by atoms with Gasteiger partial charge in [0.15, 0.2) is 11.7 Å². The lowest BCUT2D eigenvalue weighted by atomic mass is 9.89. The molecule has 0 unspecified atom stereocenters. The highest BCUT2D eigenvalue weighted by molar-refractivity contribution is 6.30. The third kappa shape index (κ3) is 3.08. The van der Waals surface area contributed by atoms with Gasteiger partial charge in [-0.05, 0) is 17.7 Å². The van der Waals surface area contributed by atoms with Gasteiger partial charge >= 0.3 is 0 Å². The Morgan fingerprint density at radius 1 is 1.44 bits per heavy atom. The molecule has 0 fully saturated rings. The minimum atomic E-state index is -1.29. The number of hydrogen-bond donors (Lipinski definition) is 1. The Hall–Kier alpha value is -1.86. The van der Waals surface area contributed by atoms with Gasteiger partial charge in [-0.1, -0.05) is 30.7 Å². The number of ketones is 1. The van der Waals surface area contributed by atoms with E-state index in [4.69, 9.17) is 16.9 Å². The Bertz CT molecular complexity index is 508. The van der Waals surface area contributed by atoms with Crippen molar-refractivity contribution >= 4 is 23.3 Å². The van der Waals surface area contributed by atoms with E-state index in [-0.39, 0.29) is 0 Å². The molecule has 1 N–H and O–H groups in total. The molecule has 0 aromatic heterocycles. The predicted octanol–water partition coefficient (Wildman–Crippen LogP) is 1.90. The lowest BCUT2D eigenvalue weighted by Gasteiger charge is -2.14. The van der Waals surface area contributed by atoms with E-state index in [0.717, 1.165) is 0 Å². The van der Waals surface area contributed by atoms with Crippen LogP contribution in [0, 0.1) is 17.2 Å². The third-order valence-corrected chi connectivity index (χ3v) is 2.93. The average Bonchev–Trinajstić information content (AvgIpc) is 2.38. The van der Waals surface area contributed by atoms with Gasteiger partial charge in [0.1, 0.15) is 0 Å². The molecule has 0 spiro atoms. The van der Waals surface area contributed by atoms with Crippen LogP contribution in [-0.2, 0) is 9.59 Å². The van der Waals surface area contributed by atoms with Crippen LogP contribution < -0.4 is 5.32 Å². The first-order valence-corrected chi connectivity index (χ1v) is 5.79. The molecular formula is C13H13ClN2O2. The number of rotatable bonds is 4. The Kier molecular flexibility index (Phi) is 4.87. The van der Waals surface area contributed by atoms with Crippen molar-refractivity contribution in [1.29, 1.82) is 5.26 Å². The predicted molar refractivity (Wildman–Crippen MR) is 68.0 cm³/mol. The van der Waals surface area contributed by atoms with Gasteiger partial charge in [0.2, 0.25) is 5.91 Å². The van der Waals surface area contributed by atoms with Gasteiger partial charge in [0.25, 0.3) is 0 Å². The van der Waals surface area contributed by atoms with Gasteiger partial charge in [0.05, 0.1) is 6.07 Å². The van der Waals surface area contributed by atoms with Gasteiger partial charge in [-0.3, -0.25) is 9.59 Å². The number of halogens is 1. The summed E-state index contributed by atoms with van der Waals surface area (Å²) in [6, 6.07) is 8.54. The third-order valence-electron chi connectivity index (χ3n) is 2.70. The summed E-state index contributed by atoms with van der Waals surface area (Å²) in [6.45, 7) is 1.65. The Labute approximate surface area is 111 Å². The van der Waals surface area contributed by atoms with E-state index >= 15 is 0 Å². The molecule has 18 heavy (non-hydrogen) atoms. The fourth-order valence-corrected chi connectivity index (χ4v) is 1.78. The number of nitrogens with one attached hydrogen (secondary N) is 1. The van der Waals surface area contributed by atoms with Crippen LogP contribution >= 0.6 is 11.6 Å². The van der Waals surface area contributed by atoms with Gasteiger partial charge in [-0.25, -0.2) is 0 Å². The van der Waals surface area contributed by atoms with Crippen molar-refractivity contribution in [2.75, 3.05) is 7.05 Å². The molecule has 94 valence electrons. The number of amides is 1. The normalized spacial score (nSPS) is 13.2. The summed E-state index contributed by atoms with van der Waals surface area (Å²) >= 11 is 5.84. The molecule has 0 saturated heterocycles. The van der Waals surface area contributed by atoms with E-state index in [1.807, 2.05) is 0 Å². The number of nitrogens with zero attached hydrogens (tertiary/aromatic N) is 1. The van der Waals surface area contributed by atoms with Crippen molar-refractivity contribution in [2.45, 2.75) is 12.8 Å². The minimum Gasteiger partial charge on any atom is -0.358 e.